The average Bonchev–Trinajstić information content (AvgIpc) is 2.81. The first-order chi connectivity index (χ1) is 11.5. The van der Waals surface area contributed by atoms with Gasteiger partial charge in [-0.15, -0.1) is 5.92 Å². The van der Waals surface area contributed by atoms with E-state index in [1.807, 2.05) is 0 Å². The molecule has 0 radical (unpaired) electrons. The number of hydrogen-bond acceptors (Lipinski definition) is 1. The molecule has 3 heteroatoms. The van der Waals surface area contributed by atoms with Gasteiger partial charge in [-0.05, 0) is 93.7 Å². The van der Waals surface area contributed by atoms with E-state index in [-0.39, 0.29) is 5.60 Å². The molecule has 2 saturated carbocycles. The number of hydrogen-bond donors (Lipinski definition) is 0. The molecule has 0 aromatic heterocycles. The molecule has 2 aliphatic rings. The summed E-state index contributed by atoms with van der Waals surface area (Å²) in [5.74, 6) is 9.16. The lowest BCUT2D eigenvalue weighted by molar-refractivity contribution is 0.0993. The Balaban J connectivity index is 2.03. The first kappa shape index (κ1) is 21.3. The summed E-state index contributed by atoms with van der Waals surface area (Å²) in [5, 5.41) is 0. The van der Waals surface area contributed by atoms with Crippen LogP contribution in [0, 0.1) is 35.0 Å². The molecule has 0 heterocycles. The van der Waals surface area contributed by atoms with Gasteiger partial charge in [0.15, 0.2) is 8.32 Å². The van der Waals surface area contributed by atoms with Gasteiger partial charge in [0.25, 0.3) is 0 Å². The van der Waals surface area contributed by atoms with Crippen LogP contribution in [0.5, 0.6) is 0 Å². The highest BCUT2D eigenvalue weighted by Crippen LogP contribution is 2.59. The second-order valence-corrected chi connectivity index (χ2v) is 14.9. The van der Waals surface area contributed by atoms with Crippen molar-refractivity contribution in [1.82, 2.24) is 0 Å². The maximum atomic E-state index is 6.22. The van der Waals surface area contributed by atoms with Crippen LogP contribution in [0.25, 0.3) is 0 Å². The minimum absolute atomic E-state index is 0.316. The second kappa shape index (κ2) is 7.91. The summed E-state index contributed by atoms with van der Waals surface area (Å²) in [6.45, 7) is 15.9. The van der Waals surface area contributed by atoms with E-state index in [0.29, 0.717) is 11.3 Å². The van der Waals surface area contributed by atoms with Gasteiger partial charge in [0.2, 0.25) is 0 Å². The Morgan fingerprint density at radius 2 is 2.04 bits per heavy atom. The van der Waals surface area contributed by atoms with Crippen LogP contribution in [0.4, 0.5) is 0 Å². The van der Waals surface area contributed by atoms with Crippen molar-refractivity contribution >= 4 is 24.2 Å². The Kier molecular flexibility index (Phi) is 6.72. The van der Waals surface area contributed by atoms with Crippen LogP contribution in [0.15, 0.2) is 10.6 Å². The summed E-state index contributed by atoms with van der Waals surface area (Å²) < 4.78 is 6.22. The maximum absolute atomic E-state index is 6.22. The molecule has 0 aliphatic heterocycles. The van der Waals surface area contributed by atoms with Crippen molar-refractivity contribution in [1.29, 1.82) is 0 Å². The third-order valence-corrected chi connectivity index (χ3v) is 7.95. The molecule has 2 aliphatic carbocycles. The topological polar surface area (TPSA) is 9.23 Å². The molecule has 0 spiro atoms. The van der Waals surface area contributed by atoms with Crippen molar-refractivity contribution in [2.24, 2.45) is 23.2 Å². The fourth-order valence-electron chi connectivity index (χ4n) is 5.50. The lowest BCUT2D eigenvalue weighted by Gasteiger charge is -2.44. The normalized spacial score (nSPS) is 32.9. The van der Waals surface area contributed by atoms with Crippen molar-refractivity contribution in [3.8, 4) is 11.8 Å². The van der Waals surface area contributed by atoms with E-state index in [1.165, 1.54) is 32.1 Å². The highest BCUT2D eigenvalue weighted by atomic mass is 79.9. The Morgan fingerprint density at radius 1 is 1.36 bits per heavy atom. The summed E-state index contributed by atoms with van der Waals surface area (Å²) in [6, 6.07) is 0. The number of allylic oxidation sites excluding steroid dienone is 1. The fraction of sp³-hybridized carbons (Fsp3) is 0.818. The van der Waals surface area contributed by atoms with E-state index in [9.17, 15) is 0 Å². The lowest BCUT2D eigenvalue weighted by atomic mass is 9.61. The quantitative estimate of drug-likeness (QED) is 0.343. The SMILES string of the molecule is C[C@H](CC#CC(C)(C)O[Si](C)(C)C)[C@H]1CCC2C(=CBr)CCC[C@@]21C. The van der Waals surface area contributed by atoms with Gasteiger partial charge in [0.05, 0.1) is 0 Å². The zero-order chi connectivity index (χ0) is 18.9. The zero-order valence-corrected chi connectivity index (χ0v) is 19.9. The highest BCUT2D eigenvalue weighted by Gasteiger charge is 2.50. The Morgan fingerprint density at radius 3 is 2.64 bits per heavy atom. The van der Waals surface area contributed by atoms with Crippen molar-refractivity contribution < 1.29 is 4.43 Å². The third-order valence-electron chi connectivity index (χ3n) is 6.24. The molecule has 1 unspecified atom stereocenters. The molecule has 25 heavy (non-hydrogen) atoms. The van der Waals surface area contributed by atoms with Gasteiger partial charge in [0, 0.05) is 6.42 Å². The molecule has 142 valence electrons. The Hall–Kier alpha value is -0.0431. The zero-order valence-electron chi connectivity index (χ0n) is 17.3. The van der Waals surface area contributed by atoms with Crippen LogP contribution in [-0.4, -0.2) is 13.9 Å². The van der Waals surface area contributed by atoms with E-state index in [1.54, 1.807) is 5.57 Å². The smallest absolute Gasteiger partial charge is 0.185 e. The molecule has 0 bridgehead atoms. The van der Waals surface area contributed by atoms with Crippen LogP contribution in [0.3, 0.4) is 0 Å². The summed E-state index contributed by atoms with van der Waals surface area (Å²) in [6.07, 6.45) is 7.74. The maximum Gasteiger partial charge on any atom is 0.185 e. The largest absolute Gasteiger partial charge is 0.402 e. The molecule has 0 N–H and O–H groups in total. The number of rotatable bonds is 4. The predicted molar refractivity (Wildman–Crippen MR) is 115 cm³/mol. The molecular weight excluding hydrogens is 388 g/mol. The van der Waals surface area contributed by atoms with E-state index in [0.717, 1.165) is 18.3 Å². The van der Waals surface area contributed by atoms with Gasteiger partial charge in [0.1, 0.15) is 5.60 Å². The molecule has 2 fully saturated rings. The van der Waals surface area contributed by atoms with Crippen LogP contribution < -0.4 is 0 Å². The Bertz CT molecular complexity index is 563. The molecule has 1 nitrogen and oxygen atoms in total. The lowest BCUT2D eigenvalue weighted by Crippen LogP contribution is -2.37. The van der Waals surface area contributed by atoms with Crippen molar-refractivity contribution in [2.45, 2.75) is 91.5 Å². The van der Waals surface area contributed by atoms with Crippen molar-refractivity contribution in [2.75, 3.05) is 0 Å². The van der Waals surface area contributed by atoms with Gasteiger partial charge in [-0.2, -0.15) is 0 Å². The molecule has 0 amide bonds. The molecule has 0 aromatic rings. The van der Waals surface area contributed by atoms with Gasteiger partial charge in [-0.3, -0.25) is 0 Å². The van der Waals surface area contributed by atoms with Gasteiger partial charge in [-0.25, -0.2) is 0 Å². The number of fused-ring (bicyclic) bond motifs is 1. The Labute approximate surface area is 165 Å². The minimum Gasteiger partial charge on any atom is -0.402 e. The molecule has 0 aromatic carbocycles. The molecule has 0 saturated heterocycles. The average molecular weight is 426 g/mol. The van der Waals surface area contributed by atoms with Crippen LogP contribution in [0.1, 0.15) is 66.2 Å². The third kappa shape index (κ3) is 5.24. The van der Waals surface area contributed by atoms with Crippen LogP contribution in [-0.2, 0) is 4.43 Å². The second-order valence-electron chi connectivity index (χ2n) is 9.99. The van der Waals surface area contributed by atoms with Gasteiger partial charge in [-0.1, -0.05) is 41.3 Å². The highest BCUT2D eigenvalue weighted by molar-refractivity contribution is 9.11. The van der Waals surface area contributed by atoms with E-state index < -0.39 is 8.32 Å². The first-order valence-corrected chi connectivity index (χ1v) is 14.3. The monoisotopic (exact) mass is 424 g/mol. The van der Waals surface area contributed by atoms with Gasteiger partial charge >= 0.3 is 0 Å². The van der Waals surface area contributed by atoms with Crippen LogP contribution >= 0.6 is 15.9 Å². The number of halogens is 1. The summed E-state index contributed by atoms with van der Waals surface area (Å²) in [7, 11) is -1.56. The standard InChI is InChI=1S/C22H37BrOSi/c1-17(10-8-14-21(2,3)24-25(5,6)7)19-12-13-20-18(16-23)11-9-15-22(19,20)4/h16-17,19-20H,9-13,15H2,1-7H3/t17-,19-,20?,22-/m1/s1. The summed E-state index contributed by atoms with van der Waals surface area (Å²) in [4.78, 5) is 2.22. The van der Waals surface area contributed by atoms with Gasteiger partial charge < -0.3 is 4.43 Å². The fourth-order valence-corrected chi connectivity index (χ4v) is 7.63. The van der Waals surface area contributed by atoms with E-state index in [4.69, 9.17) is 4.43 Å². The first-order valence-electron chi connectivity index (χ1n) is 9.98. The van der Waals surface area contributed by atoms with Crippen LogP contribution in [0.2, 0.25) is 19.6 Å². The molecular formula is C22H37BrOSi. The summed E-state index contributed by atoms with van der Waals surface area (Å²) in [5.41, 5.74) is 1.81. The molecule has 2 rings (SSSR count). The minimum atomic E-state index is -1.56. The van der Waals surface area contributed by atoms with Crippen molar-refractivity contribution in [3.05, 3.63) is 10.6 Å². The van der Waals surface area contributed by atoms with Crippen molar-refractivity contribution in [3.63, 3.8) is 0 Å². The predicted octanol–water partition coefficient (Wildman–Crippen LogP) is 7.14. The van der Waals surface area contributed by atoms with E-state index >= 15 is 0 Å². The van der Waals surface area contributed by atoms with E-state index in [2.05, 4.69) is 80.1 Å². The molecule has 4 atom stereocenters. The summed E-state index contributed by atoms with van der Waals surface area (Å²) >= 11 is 3.62.